The van der Waals surface area contributed by atoms with Crippen molar-refractivity contribution in [1.29, 1.82) is 0 Å². The van der Waals surface area contributed by atoms with Crippen LogP contribution in [0.15, 0.2) is 0 Å². The van der Waals surface area contributed by atoms with Gasteiger partial charge in [-0.1, -0.05) is 22.9 Å². The van der Waals surface area contributed by atoms with Crippen LogP contribution in [0.3, 0.4) is 0 Å². The predicted molar refractivity (Wildman–Crippen MR) is 56.6 cm³/mol. The molecule has 0 rings (SSSR count). The van der Waals surface area contributed by atoms with E-state index in [-0.39, 0.29) is 24.0 Å². The Morgan fingerprint density at radius 3 is 2.24 bits per heavy atom. The summed E-state index contributed by atoms with van der Waals surface area (Å²) in [5.41, 5.74) is 0. The number of halogens is 5. The highest BCUT2D eigenvalue weighted by molar-refractivity contribution is 9.09. The molecule has 3 nitrogen and oxygen atoms in total. The summed E-state index contributed by atoms with van der Waals surface area (Å²) in [7, 11) is 0. The summed E-state index contributed by atoms with van der Waals surface area (Å²) in [5.74, 6) is -7.09. The molecule has 0 fully saturated rings. The zero-order valence-corrected chi connectivity index (χ0v) is 10.6. The van der Waals surface area contributed by atoms with Gasteiger partial charge in [-0.15, -0.1) is 0 Å². The number of hydrogen-bond acceptors (Lipinski definition) is 2. The Morgan fingerprint density at radius 2 is 1.88 bits per heavy atom. The van der Waals surface area contributed by atoms with E-state index in [0.717, 1.165) is 0 Å². The van der Waals surface area contributed by atoms with Gasteiger partial charge < -0.3 is 5.32 Å². The van der Waals surface area contributed by atoms with Crippen LogP contribution in [0.5, 0.6) is 0 Å². The molecule has 1 amide bonds. The zero-order chi connectivity index (χ0) is 13.6. The van der Waals surface area contributed by atoms with E-state index >= 15 is 0 Å². The summed E-state index contributed by atoms with van der Waals surface area (Å²) >= 11 is 2.87. The van der Waals surface area contributed by atoms with Gasteiger partial charge in [0.05, 0.1) is 5.33 Å². The molecule has 0 radical (unpaired) electrons. The minimum Gasteiger partial charge on any atom is -0.348 e. The van der Waals surface area contributed by atoms with Crippen LogP contribution in [-0.4, -0.2) is 35.4 Å². The van der Waals surface area contributed by atoms with E-state index in [4.69, 9.17) is 0 Å². The van der Waals surface area contributed by atoms with Gasteiger partial charge in [0.1, 0.15) is 5.78 Å². The third kappa shape index (κ3) is 5.01. The normalized spacial score (nSPS) is 13.6. The van der Waals surface area contributed by atoms with Crippen molar-refractivity contribution in [3.63, 3.8) is 0 Å². The monoisotopic (exact) mass is 321 g/mol. The fraction of sp³-hybridized carbons (Fsp3) is 0.778. The summed E-state index contributed by atoms with van der Waals surface area (Å²) < 4.78 is 48.9. The standard InChI is InChI=1S/C9H12BrF4NO2/c1-2-5(3-6(16)4-10)15-8(17)9(13,14)7(11)12/h5,7H,2-4H2,1H3,(H,15,17). The fourth-order valence-electron chi connectivity index (χ4n) is 1.01. The molecule has 0 bridgehead atoms. The van der Waals surface area contributed by atoms with Gasteiger partial charge in [0.15, 0.2) is 0 Å². The molecule has 0 aromatic carbocycles. The predicted octanol–water partition coefficient (Wildman–Crippen LogP) is 2.14. The second-order valence-electron chi connectivity index (χ2n) is 3.38. The Hall–Kier alpha value is -0.660. The third-order valence-corrected chi connectivity index (χ3v) is 2.65. The number of alkyl halides is 5. The molecule has 0 saturated heterocycles. The van der Waals surface area contributed by atoms with Crippen LogP contribution in [-0.2, 0) is 9.59 Å². The lowest BCUT2D eigenvalue weighted by atomic mass is 10.1. The maximum atomic E-state index is 12.6. The first-order chi connectivity index (χ1) is 7.75. The van der Waals surface area contributed by atoms with Crippen LogP contribution in [0.1, 0.15) is 19.8 Å². The zero-order valence-electron chi connectivity index (χ0n) is 8.98. The number of amides is 1. The number of carbonyl (C=O) groups excluding carboxylic acids is 2. The van der Waals surface area contributed by atoms with Gasteiger partial charge >= 0.3 is 12.3 Å². The molecule has 0 saturated carbocycles. The van der Waals surface area contributed by atoms with Gasteiger partial charge in [0.2, 0.25) is 0 Å². The van der Waals surface area contributed by atoms with Gasteiger partial charge in [-0.05, 0) is 6.42 Å². The van der Waals surface area contributed by atoms with Gasteiger partial charge in [0, 0.05) is 12.5 Å². The number of ketones is 1. The maximum Gasteiger partial charge on any atom is 0.383 e. The first-order valence-corrected chi connectivity index (χ1v) is 5.92. The number of carbonyl (C=O) groups is 2. The Bertz CT molecular complexity index is 286. The van der Waals surface area contributed by atoms with Crippen LogP contribution in [0.25, 0.3) is 0 Å². The third-order valence-electron chi connectivity index (χ3n) is 2.03. The van der Waals surface area contributed by atoms with Crippen molar-refractivity contribution in [2.75, 3.05) is 5.33 Å². The van der Waals surface area contributed by atoms with Crippen molar-refractivity contribution in [2.24, 2.45) is 0 Å². The van der Waals surface area contributed by atoms with E-state index in [9.17, 15) is 27.2 Å². The molecule has 100 valence electrons. The van der Waals surface area contributed by atoms with Crippen molar-refractivity contribution in [1.82, 2.24) is 5.32 Å². The number of rotatable bonds is 7. The Balaban J connectivity index is 4.48. The molecule has 1 N–H and O–H groups in total. The molecule has 1 atom stereocenters. The second kappa shape index (κ2) is 6.93. The minimum absolute atomic E-state index is 0.0185. The van der Waals surface area contributed by atoms with E-state index in [1.165, 1.54) is 0 Å². The van der Waals surface area contributed by atoms with Crippen LogP contribution < -0.4 is 5.32 Å². The highest BCUT2D eigenvalue weighted by Gasteiger charge is 2.49. The fourth-order valence-corrected chi connectivity index (χ4v) is 1.24. The first-order valence-electron chi connectivity index (χ1n) is 4.80. The lowest BCUT2D eigenvalue weighted by molar-refractivity contribution is -0.170. The summed E-state index contributed by atoms with van der Waals surface area (Å²) in [6.45, 7) is 1.55. The van der Waals surface area contributed by atoms with Crippen molar-refractivity contribution in [3.8, 4) is 0 Å². The quantitative estimate of drug-likeness (QED) is 0.577. The van der Waals surface area contributed by atoms with E-state index in [2.05, 4.69) is 15.9 Å². The molecule has 0 aliphatic rings. The van der Waals surface area contributed by atoms with E-state index in [0.29, 0.717) is 0 Å². The first kappa shape index (κ1) is 16.3. The second-order valence-corrected chi connectivity index (χ2v) is 3.94. The topological polar surface area (TPSA) is 46.2 Å². The van der Waals surface area contributed by atoms with Crippen molar-refractivity contribution in [3.05, 3.63) is 0 Å². The van der Waals surface area contributed by atoms with Crippen molar-refractivity contribution >= 4 is 27.6 Å². The number of nitrogens with one attached hydrogen (secondary N) is 1. The molecule has 1 unspecified atom stereocenters. The highest BCUT2D eigenvalue weighted by atomic mass is 79.9. The van der Waals surface area contributed by atoms with Gasteiger partial charge in [0.25, 0.3) is 5.91 Å². The SMILES string of the molecule is CCC(CC(=O)CBr)NC(=O)C(F)(F)C(F)F. The van der Waals surface area contributed by atoms with Crippen LogP contribution in [0.4, 0.5) is 17.6 Å². The smallest absolute Gasteiger partial charge is 0.348 e. The number of Topliss-reactive ketones (excluding diaryl/α,β-unsaturated/α-hetero) is 1. The lowest BCUT2D eigenvalue weighted by Crippen LogP contribution is -2.49. The Morgan fingerprint density at radius 1 is 1.35 bits per heavy atom. The Kier molecular flexibility index (Phi) is 6.66. The molecule has 0 aromatic rings. The summed E-state index contributed by atoms with van der Waals surface area (Å²) in [6.07, 6.45) is -4.04. The average Bonchev–Trinajstić information content (AvgIpc) is 2.27. The molecule has 0 aromatic heterocycles. The van der Waals surface area contributed by atoms with Crippen LogP contribution in [0.2, 0.25) is 0 Å². The molecule has 0 aliphatic heterocycles. The van der Waals surface area contributed by atoms with E-state index in [1.54, 1.807) is 12.2 Å². The molecule has 17 heavy (non-hydrogen) atoms. The molecule has 0 heterocycles. The van der Waals surface area contributed by atoms with Gasteiger partial charge in [-0.3, -0.25) is 9.59 Å². The number of hydrogen-bond donors (Lipinski definition) is 1. The van der Waals surface area contributed by atoms with Crippen LogP contribution in [0, 0.1) is 0 Å². The van der Waals surface area contributed by atoms with Gasteiger partial charge in [-0.2, -0.15) is 8.78 Å². The Labute approximate surface area is 104 Å². The lowest BCUT2D eigenvalue weighted by Gasteiger charge is -2.20. The highest BCUT2D eigenvalue weighted by Crippen LogP contribution is 2.23. The molecular formula is C9H12BrF4NO2. The molecular weight excluding hydrogens is 310 g/mol. The van der Waals surface area contributed by atoms with Crippen molar-refractivity contribution < 1.29 is 27.2 Å². The molecule has 8 heteroatoms. The summed E-state index contributed by atoms with van der Waals surface area (Å²) in [5, 5.41) is 1.76. The van der Waals surface area contributed by atoms with Crippen LogP contribution >= 0.6 is 15.9 Å². The van der Waals surface area contributed by atoms with E-state index < -0.39 is 24.3 Å². The summed E-state index contributed by atoms with van der Waals surface area (Å²) in [4.78, 5) is 21.9. The largest absolute Gasteiger partial charge is 0.383 e. The van der Waals surface area contributed by atoms with Gasteiger partial charge in [-0.25, -0.2) is 8.78 Å². The summed E-state index contributed by atoms with van der Waals surface area (Å²) in [6, 6.07) is -0.864. The molecule has 0 spiro atoms. The molecule has 0 aliphatic carbocycles. The minimum atomic E-state index is -4.73. The maximum absolute atomic E-state index is 12.6. The van der Waals surface area contributed by atoms with E-state index in [1.807, 2.05) is 0 Å². The average molecular weight is 322 g/mol. The van der Waals surface area contributed by atoms with Crippen molar-refractivity contribution in [2.45, 2.75) is 38.2 Å².